The first-order chi connectivity index (χ1) is 7.00. The van der Waals surface area contributed by atoms with Crippen molar-refractivity contribution in [1.82, 2.24) is 9.88 Å². The molecule has 0 bridgehead atoms. The third-order valence-electron chi connectivity index (χ3n) is 2.15. The Morgan fingerprint density at radius 3 is 2.87 bits per heavy atom. The van der Waals surface area contributed by atoms with Crippen molar-refractivity contribution in [2.24, 2.45) is 5.73 Å². The van der Waals surface area contributed by atoms with Gasteiger partial charge >= 0.3 is 0 Å². The zero-order valence-corrected chi connectivity index (χ0v) is 10.2. The Kier molecular flexibility index (Phi) is 4.23. The van der Waals surface area contributed by atoms with E-state index < -0.39 is 0 Å². The van der Waals surface area contributed by atoms with Gasteiger partial charge in [-0.05, 0) is 13.8 Å². The lowest BCUT2D eigenvalue weighted by Crippen LogP contribution is -2.31. The highest BCUT2D eigenvalue weighted by Gasteiger charge is 2.13. The smallest absolute Gasteiger partial charge is 0.224 e. The summed E-state index contributed by atoms with van der Waals surface area (Å²) in [6.45, 7) is 4.42. The number of carbonyl (C=O) groups excluding carboxylic acids is 1. The molecule has 1 unspecified atom stereocenters. The van der Waals surface area contributed by atoms with Crippen molar-refractivity contribution in [3.8, 4) is 0 Å². The Balaban J connectivity index is 2.52. The van der Waals surface area contributed by atoms with E-state index in [1.807, 2.05) is 13.8 Å². The average Bonchev–Trinajstić information content (AvgIpc) is 2.50. The van der Waals surface area contributed by atoms with Crippen LogP contribution in [-0.4, -0.2) is 28.9 Å². The number of nitrogens with zero attached hydrogens (tertiary/aromatic N) is 2. The van der Waals surface area contributed by atoms with E-state index >= 15 is 0 Å². The van der Waals surface area contributed by atoms with Crippen LogP contribution < -0.4 is 5.73 Å². The number of aromatic nitrogens is 1. The van der Waals surface area contributed by atoms with Gasteiger partial charge in [0, 0.05) is 24.4 Å². The fourth-order valence-electron chi connectivity index (χ4n) is 1.21. The van der Waals surface area contributed by atoms with Crippen LogP contribution in [0.1, 0.15) is 23.9 Å². The van der Waals surface area contributed by atoms with E-state index in [0.29, 0.717) is 13.0 Å². The van der Waals surface area contributed by atoms with E-state index in [-0.39, 0.29) is 11.9 Å². The molecule has 1 aromatic rings. The molecule has 1 amide bonds. The maximum absolute atomic E-state index is 11.6. The number of nitrogens with two attached hydrogens (primary N) is 1. The molecule has 4 nitrogen and oxygen atoms in total. The van der Waals surface area contributed by atoms with Crippen LogP contribution >= 0.6 is 11.3 Å². The summed E-state index contributed by atoms with van der Waals surface area (Å²) in [5, 5.41) is 0. The fourth-order valence-corrected chi connectivity index (χ4v) is 2.04. The van der Waals surface area contributed by atoms with Gasteiger partial charge in [0.1, 0.15) is 0 Å². The van der Waals surface area contributed by atoms with E-state index in [0.717, 1.165) is 10.6 Å². The fraction of sp³-hybridized carbons (Fsp3) is 0.600. The third kappa shape index (κ3) is 3.60. The number of amides is 1. The normalized spacial score (nSPS) is 12.5. The van der Waals surface area contributed by atoms with Crippen molar-refractivity contribution in [2.45, 2.75) is 32.9 Å². The Bertz CT molecular complexity index is 335. The topological polar surface area (TPSA) is 59.2 Å². The zero-order chi connectivity index (χ0) is 11.4. The molecular formula is C10H17N3OS. The van der Waals surface area contributed by atoms with Gasteiger partial charge in [-0.1, -0.05) is 0 Å². The molecule has 1 rings (SSSR count). The second-order valence-electron chi connectivity index (χ2n) is 3.79. The maximum atomic E-state index is 11.6. The predicted molar refractivity (Wildman–Crippen MR) is 61.6 cm³/mol. The maximum Gasteiger partial charge on any atom is 0.224 e. The van der Waals surface area contributed by atoms with Crippen molar-refractivity contribution in [1.29, 1.82) is 0 Å². The number of rotatable bonds is 4. The lowest BCUT2D eigenvalue weighted by molar-refractivity contribution is -0.130. The summed E-state index contributed by atoms with van der Waals surface area (Å²) < 4.78 is 0. The van der Waals surface area contributed by atoms with E-state index in [9.17, 15) is 4.79 Å². The third-order valence-corrected chi connectivity index (χ3v) is 3.07. The van der Waals surface area contributed by atoms with Crippen LogP contribution in [0.15, 0.2) is 5.51 Å². The van der Waals surface area contributed by atoms with Crippen molar-refractivity contribution in [3.05, 3.63) is 16.1 Å². The van der Waals surface area contributed by atoms with Gasteiger partial charge in [0.05, 0.1) is 17.7 Å². The molecule has 84 valence electrons. The number of hydrogen-bond donors (Lipinski definition) is 1. The molecule has 1 atom stereocenters. The van der Waals surface area contributed by atoms with Gasteiger partial charge in [-0.15, -0.1) is 11.3 Å². The molecule has 1 heterocycles. The standard InChI is InChI=1S/C10H17N3OS/c1-7(11)4-10(14)13(3)5-9-8(2)12-6-15-9/h6-7H,4-5,11H2,1-3H3. The van der Waals surface area contributed by atoms with Crippen molar-refractivity contribution in [2.75, 3.05) is 7.05 Å². The minimum absolute atomic E-state index is 0.0810. The van der Waals surface area contributed by atoms with Crippen molar-refractivity contribution in [3.63, 3.8) is 0 Å². The summed E-state index contributed by atoms with van der Waals surface area (Å²) in [5.41, 5.74) is 8.38. The monoisotopic (exact) mass is 227 g/mol. The van der Waals surface area contributed by atoms with Gasteiger partial charge in [0.15, 0.2) is 0 Å². The van der Waals surface area contributed by atoms with E-state index in [1.165, 1.54) is 0 Å². The van der Waals surface area contributed by atoms with Gasteiger partial charge in [0.25, 0.3) is 0 Å². The zero-order valence-electron chi connectivity index (χ0n) is 9.36. The Morgan fingerprint density at radius 1 is 1.73 bits per heavy atom. The minimum Gasteiger partial charge on any atom is -0.340 e. The van der Waals surface area contributed by atoms with Crippen LogP contribution in [-0.2, 0) is 11.3 Å². The molecule has 2 N–H and O–H groups in total. The molecular weight excluding hydrogens is 210 g/mol. The van der Waals surface area contributed by atoms with E-state index in [4.69, 9.17) is 5.73 Å². The molecule has 0 aliphatic carbocycles. The summed E-state index contributed by atoms with van der Waals surface area (Å²) in [6.07, 6.45) is 0.397. The number of hydrogen-bond acceptors (Lipinski definition) is 4. The van der Waals surface area contributed by atoms with Crippen LogP contribution in [0, 0.1) is 6.92 Å². The first-order valence-electron chi connectivity index (χ1n) is 4.89. The van der Waals surface area contributed by atoms with Crippen LogP contribution in [0.5, 0.6) is 0 Å². The average molecular weight is 227 g/mol. The summed E-state index contributed by atoms with van der Waals surface area (Å²) in [6, 6.07) is -0.0810. The van der Waals surface area contributed by atoms with E-state index in [1.54, 1.807) is 28.8 Å². The molecule has 0 aliphatic heterocycles. The molecule has 1 aromatic heterocycles. The predicted octanol–water partition coefficient (Wildman–Crippen LogP) is 1.15. The van der Waals surface area contributed by atoms with Crippen molar-refractivity contribution >= 4 is 17.2 Å². The Morgan fingerprint density at radius 2 is 2.40 bits per heavy atom. The van der Waals surface area contributed by atoms with Gasteiger partial charge in [0.2, 0.25) is 5.91 Å². The molecule has 0 saturated carbocycles. The summed E-state index contributed by atoms with van der Waals surface area (Å²) in [4.78, 5) is 18.6. The van der Waals surface area contributed by atoms with Gasteiger partial charge < -0.3 is 10.6 Å². The van der Waals surface area contributed by atoms with Crippen LogP contribution in [0.3, 0.4) is 0 Å². The minimum atomic E-state index is -0.0810. The molecule has 0 aromatic carbocycles. The summed E-state index contributed by atoms with van der Waals surface area (Å²) >= 11 is 1.58. The highest BCUT2D eigenvalue weighted by molar-refractivity contribution is 7.09. The highest BCUT2D eigenvalue weighted by Crippen LogP contribution is 2.14. The van der Waals surface area contributed by atoms with E-state index in [2.05, 4.69) is 4.98 Å². The number of thiazole rings is 1. The Hall–Kier alpha value is -0.940. The summed E-state index contributed by atoms with van der Waals surface area (Å²) in [5.74, 6) is 0.0813. The first kappa shape index (κ1) is 12.1. The van der Waals surface area contributed by atoms with Crippen LogP contribution in [0.25, 0.3) is 0 Å². The quantitative estimate of drug-likeness (QED) is 0.839. The lowest BCUT2D eigenvalue weighted by atomic mass is 10.2. The van der Waals surface area contributed by atoms with Gasteiger partial charge in [-0.3, -0.25) is 4.79 Å². The molecule has 0 radical (unpaired) electrons. The van der Waals surface area contributed by atoms with Crippen LogP contribution in [0.2, 0.25) is 0 Å². The second-order valence-corrected chi connectivity index (χ2v) is 4.73. The number of aryl methyl sites for hydroxylation is 1. The molecule has 0 fully saturated rings. The summed E-state index contributed by atoms with van der Waals surface area (Å²) in [7, 11) is 1.80. The SMILES string of the molecule is Cc1ncsc1CN(C)C(=O)CC(C)N. The molecule has 15 heavy (non-hydrogen) atoms. The molecule has 5 heteroatoms. The van der Waals surface area contributed by atoms with Gasteiger partial charge in [-0.2, -0.15) is 0 Å². The van der Waals surface area contributed by atoms with Crippen LogP contribution in [0.4, 0.5) is 0 Å². The largest absolute Gasteiger partial charge is 0.340 e. The van der Waals surface area contributed by atoms with Crippen molar-refractivity contribution < 1.29 is 4.79 Å². The Labute approximate surface area is 94.1 Å². The highest BCUT2D eigenvalue weighted by atomic mass is 32.1. The molecule has 0 spiro atoms. The lowest BCUT2D eigenvalue weighted by Gasteiger charge is -2.17. The number of carbonyl (C=O) groups is 1. The molecule has 0 saturated heterocycles. The second kappa shape index (κ2) is 5.23. The first-order valence-corrected chi connectivity index (χ1v) is 5.77. The van der Waals surface area contributed by atoms with Gasteiger partial charge in [-0.25, -0.2) is 4.98 Å². The molecule has 0 aliphatic rings.